The maximum Gasteiger partial charge on any atom is 0.0873 e. The molecule has 76 valence electrons. The highest BCUT2D eigenvalue weighted by molar-refractivity contribution is 5.40. The highest BCUT2D eigenvalue weighted by atomic mass is 16.5. The van der Waals surface area contributed by atoms with Crippen molar-refractivity contribution in [1.29, 1.82) is 0 Å². The molecule has 0 aromatic rings. The van der Waals surface area contributed by atoms with Gasteiger partial charge in [0, 0.05) is 0 Å². The standard InChI is InChI=1S/C13H18O/c1-3-11(2)12-9-13(14-10-12)7-5-4-6-8-13/h3,9H,1-2,4-8,10H2. The van der Waals surface area contributed by atoms with Crippen molar-refractivity contribution in [2.45, 2.75) is 37.7 Å². The Morgan fingerprint density at radius 2 is 2.07 bits per heavy atom. The zero-order valence-electron chi connectivity index (χ0n) is 8.72. The molecule has 0 radical (unpaired) electrons. The van der Waals surface area contributed by atoms with Crippen LogP contribution in [0, 0.1) is 0 Å². The molecule has 0 atom stereocenters. The minimum atomic E-state index is 0.0551. The summed E-state index contributed by atoms with van der Waals surface area (Å²) in [6.45, 7) is 8.44. The Labute approximate surface area is 86.2 Å². The van der Waals surface area contributed by atoms with Crippen molar-refractivity contribution in [2.75, 3.05) is 6.61 Å². The quantitative estimate of drug-likeness (QED) is 0.606. The molecule has 2 rings (SSSR count). The predicted octanol–water partition coefficient (Wildman–Crippen LogP) is 3.39. The second kappa shape index (κ2) is 3.74. The number of hydrogen-bond acceptors (Lipinski definition) is 1. The van der Waals surface area contributed by atoms with Gasteiger partial charge in [0.15, 0.2) is 0 Å². The van der Waals surface area contributed by atoms with E-state index in [1.807, 2.05) is 6.08 Å². The molecule has 1 saturated carbocycles. The fraction of sp³-hybridized carbons (Fsp3) is 0.538. The minimum Gasteiger partial charge on any atom is -0.366 e. The Morgan fingerprint density at radius 3 is 2.71 bits per heavy atom. The van der Waals surface area contributed by atoms with E-state index in [-0.39, 0.29) is 5.60 Å². The van der Waals surface area contributed by atoms with Crippen LogP contribution >= 0.6 is 0 Å². The lowest BCUT2D eigenvalue weighted by Crippen LogP contribution is -2.29. The summed E-state index contributed by atoms with van der Waals surface area (Å²) < 4.78 is 5.92. The van der Waals surface area contributed by atoms with Crippen LogP contribution in [0.15, 0.2) is 36.5 Å². The SMILES string of the molecule is C=CC(=C)C1=CC2(CCCCC2)OC1. The molecule has 14 heavy (non-hydrogen) atoms. The molecular formula is C13H18O. The molecule has 1 heterocycles. The summed E-state index contributed by atoms with van der Waals surface area (Å²) >= 11 is 0. The van der Waals surface area contributed by atoms with E-state index in [0.29, 0.717) is 0 Å². The third-order valence-corrected chi connectivity index (χ3v) is 3.31. The first kappa shape index (κ1) is 9.72. The lowest BCUT2D eigenvalue weighted by atomic mass is 9.84. The van der Waals surface area contributed by atoms with Crippen LogP contribution in [0.3, 0.4) is 0 Å². The molecule has 0 unspecified atom stereocenters. The summed E-state index contributed by atoms with van der Waals surface area (Å²) in [5.41, 5.74) is 2.31. The largest absolute Gasteiger partial charge is 0.366 e. The van der Waals surface area contributed by atoms with Crippen molar-refractivity contribution < 1.29 is 4.74 Å². The molecule has 2 aliphatic rings. The normalized spacial score (nSPS) is 24.7. The Kier molecular flexibility index (Phi) is 2.60. The van der Waals surface area contributed by atoms with Crippen molar-refractivity contribution in [1.82, 2.24) is 0 Å². The summed E-state index contributed by atoms with van der Waals surface area (Å²) in [5, 5.41) is 0. The lowest BCUT2D eigenvalue weighted by Gasteiger charge is -2.30. The van der Waals surface area contributed by atoms with Crippen molar-refractivity contribution in [3.63, 3.8) is 0 Å². The first-order chi connectivity index (χ1) is 6.76. The first-order valence-corrected chi connectivity index (χ1v) is 5.43. The van der Waals surface area contributed by atoms with Gasteiger partial charge in [0.05, 0.1) is 12.2 Å². The van der Waals surface area contributed by atoms with Gasteiger partial charge in [-0.1, -0.05) is 38.5 Å². The summed E-state index contributed by atoms with van der Waals surface area (Å²) in [6, 6.07) is 0. The Morgan fingerprint density at radius 1 is 1.36 bits per heavy atom. The van der Waals surface area contributed by atoms with Crippen LogP contribution in [0.2, 0.25) is 0 Å². The Hall–Kier alpha value is -0.820. The number of ether oxygens (including phenoxy) is 1. The van der Waals surface area contributed by atoms with Crippen LogP contribution in [0.5, 0.6) is 0 Å². The smallest absolute Gasteiger partial charge is 0.0873 e. The molecule has 1 fully saturated rings. The van der Waals surface area contributed by atoms with Crippen LogP contribution in [0.25, 0.3) is 0 Å². The van der Waals surface area contributed by atoms with E-state index >= 15 is 0 Å². The molecule has 1 nitrogen and oxygen atoms in total. The molecular weight excluding hydrogens is 172 g/mol. The summed E-state index contributed by atoms with van der Waals surface area (Å²) in [5.74, 6) is 0. The van der Waals surface area contributed by atoms with E-state index in [2.05, 4.69) is 19.2 Å². The van der Waals surface area contributed by atoms with E-state index in [4.69, 9.17) is 4.74 Å². The maximum absolute atomic E-state index is 5.92. The van der Waals surface area contributed by atoms with Gasteiger partial charge in [-0.15, -0.1) is 0 Å². The Bertz CT molecular complexity index is 280. The lowest BCUT2D eigenvalue weighted by molar-refractivity contribution is -0.00345. The van der Waals surface area contributed by atoms with Crippen molar-refractivity contribution in [3.8, 4) is 0 Å². The maximum atomic E-state index is 5.92. The third kappa shape index (κ3) is 1.69. The van der Waals surface area contributed by atoms with E-state index in [9.17, 15) is 0 Å². The first-order valence-electron chi connectivity index (χ1n) is 5.43. The second-order valence-corrected chi connectivity index (χ2v) is 4.31. The van der Waals surface area contributed by atoms with Crippen LogP contribution in [0.1, 0.15) is 32.1 Å². The average Bonchev–Trinajstić information content (AvgIpc) is 2.62. The van der Waals surface area contributed by atoms with Crippen molar-refractivity contribution in [2.24, 2.45) is 0 Å². The highest BCUT2D eigenvalue weighted by Gasteiger charge is 2.35. The molecule has 0 bridgehead atoms. The van der Waals surface area contributed by atoms with Gasteiger partial charge in [-0.05, 0) is 30.1 Å². The van der Waals surface area contributed by atoms with Gasteiger partial charge in [-0.25, -0.2) is 0 Å². The third-order valence-electron chi connectivity index (χ3n) is 3.31. The zero-order valence-corrected chi connectivity index (χ0v) is 8.72. The molecule has 0 amide bonds. The van der Waals surface area contributed by atoms with Gasteiger partial charge >= 0.3 is 0 Å². The van der Waals surface area contributed by atoms with E-state index < -0.39 is 0 Å². The van der Waals surface area contributed by atoms with Crippen LogP contribution < -0.4 is 0 Å². The summed E-state index contributed by atoms with van der Waals surface area (Å²) in [4.78, 5) is 0. The highest BCUT2D eigenvalue weighted by Crippen LogP contribution is 2.38. The van der Waals surface area contributed by atoms with Crippen LogP contribution in [-0.2, 0) is 4.74 Å². The molecule has 0 saturated heterocycles. The molecule has 0 N–H and O–H groups in total. The van der Waals surface area contributed by atoms with Gasteiger partial charge in [0.25, 0.3) is 0 Å². The number of rotatable bonds is 2. The average molecular weight is 190 g/mol. The minimum absolute atomic E-state index is 0.0551. The molecule has 1 aliphatic carbocycles. The fourth-order valence-corrected chi connectivity index (χ4v) is 2.38. The van der Waals surface area contributed by atoms with Gasteiger partial charge < -0.3 is 4.74 Å². The second-order valence-electron chi connectivity index (χ2n) is 4.31. The predicted molar refractivity (Wildman–Crippen MR) is 59.2 cm³/mol. The van der Waals surface area contributed by atoms with E-state index in [1.54, 1.807) is 0 Å². The molecule has 1 aliphatic heterocycles. The fourth-order valence-electron chi connectivity index (χ4n) is 2.38. The number of hydrogen-bond donors (Lipinski definition) is 0. The van der Waals surface area contributed by atoms with Gasteiger partial charge in [0.1, 0.15) is 0 Å². The molecule has 0 aromatic heterocycles. The molecule has 0 aromatic carbocycles. The van der Waals surface area contributed by atoms with Crippen LogP contribution in [-0.4, -0.2) is 12.2 Å². The zero-order chi connectivity index (χ0) is 10.0. The van der Waals surface area contributed by atoms with Gasteiger partial charge in [0.2, 0.25) is 0 Å². The van der Waals surface area contributed by atoms with Crippen LogP contribution in [0.4, 0.5) is 0 Å². The molecule has 1 heteroatoms. The topological polar surface area (TPSA) is 9.23 Å². The van der Waals surface area contributed by atoms with E-state index in [0.717, 1.165) is 12.2 Å². The molecule has 1 spiro atoms. The van der Waals surface area contributed by atoms with E-state index in [1.165, 1.54) is 37.7 Å². The monoisotopic (exact) mass is 190 g/mol. The van der Waals surface area contributed by atoms with Crippen molar-refractivity contribution in [3.05, 3.63) is 36.5 Å². The number of allylic oxidation sites excluding steroid dienone is 1. The van der Waals surface area contributed by atoms with Crippen molar-refractivity contribution >= 4 is 0 Å². The Balaban J connectivity index is 2.13. The van der Waals surface area contributed by atoms with Gasteiger partial charge in [-0.2, -0.15) is 0 Å². The van der Waals surface area contributed by atoms with Gasteiger partial charge in [-0.3, -0.25) is 0 Å². The summed E-state index contributed by atoms with van der Waals surface area (Å²) in [6.07, 6.45) is 10.4. The summed E-state index contributed by atoms with van der Waals surface area (Å²) in [7, 11) is 0.